The van der Waals surface area contributed by atoms with Crippen molar-refractivity contribution in [3.8, 4) is 10.6 Å². The largest absolute Gasteiger partial charge is 0.462 e. The summed E-state index contributed by atoms with van der Waals surface area (Å²) in [6.45, 7) is 5.20. The van der Waals surface area contributed by atoms with Crippen molar-refractivity contribution in [2.75, 3.05) is 6.61 Å². The Bertz CT molecular complexity index is 1460. The molecule has 0 atom stereocenters. The molecule has 4 rings (SSSR count). The van der Waals surface area contributed by atoms with Crippen LogP contribution >= 0.6 is 11.3 Å². The molecule has 1 aromatic carbocycles. The van der Waals surface area contributed by atoms with Crippen molar-refractivity contribution >= 4 is 34.4 Å². The van der Waals surface area contributed by atoms with Crippen molar-refractivity contribution < 1.29 is 14.5 Å². The van der Waals surface area contributed by atoms with Crippen molar-refractivity contribution in [2.45, 2.75) is 20.8 Å². The van der Waals surface area contributed by atoms with Gasteiger partial charge in [0.15, 0.2) is 5.69 Å². The molecule has 2 aliphatic heterocycles. The molecule has 0 spiro atoms. The SMILES string of the molecule is CCOC(=O)c1c2n3c(C)c(N=Nc4cccc([N+](=O)[O-])c4)c(=O)n3c(C)c-2sc1=N. The molecule has 1 aromatic heterocycles. The minimum atomic E-state index is -0.633. The lowest BCUT2D eigenvalue weighted by molar-refractivity contribution is -0.384. The highest BCUT2D eigenvalue weighted by atomic mass is 32.1. The topological polar surface area (TPSA) is 144 Å². The highest BCUT2D eigenvalue weighted by Crippen LogP contribution is 2.35. The number of ether oxygens (including phenoxy) is 1. The molecule has 31 heavy (non-hydrogen) atoms. The van der Waals surface area contributed by atoms with E-state index in [4.69, 9.17) is 10.1 Å². The summed E-state index contributed by atoms with van der Waals surface area (Å²) in [6, 6.07) is 5.59. The maximum atomic E-state index is 13.0. The molecule has 11 nitrogen and oxygen atoms in total. The number of nitrogens with one attached hydrogen (secondary N) is 1. The molecule has 0 saturated carbocycles. The summed E-state index contributed by atoms with van der Waals surface area (Å²) >= 11 is 1.10. The smallest absolute Gasteiger partial charge is 0.343 e. The minimum Gasteiger partial charge on any atom is -0.462 e. The van der Waals surface area contributed by atoms with Crippen LogP contribution in [0.25, 0.3) is 10.6 Å². The lowest BCUT2D eigenvalue weighted by Gasteiger charge is -2.02. The van der Waals surface area contributed by atoms with Crippen LogP contribution in [0, 0.1) is 29.4 Å². The van der Waals surface area contributed by atoms with Gasteiger partial charge in [0.2, 0.25) is 0 Å². The zero-order valence-electron chi connectivity index (χ0n) is 16.7. The Hall–Kier alpha value is -3.93. The normalized spacial score (nSPS) is 11.7. The Kier molecular flexibility index (Phi) is 4.85. The quantitative estimate of drug-likeness (QED) is 0.218. The Balaban J connectivity index is 1.92. The van der Waals surface area contributed by atoms with Crippen LogP contribution in [0.4, 0.5) is 17.1 Å². The minimum absolute atomic E-state index is 0.0315. The summed E-state index contributed by atoms with van der Waals surface area (Å²) in [6.07, 6.45) is 0. The maximum absolute atomic E-state index is 13.0. The predicted molar refractivity (Wildman–Crippen MR) is 111 cm³/mol. The Labute approximate surface area is 178 Å². The van der Waals surface area contributed by atoms with Gasteiger partial charge in [0, 0.05) is 12.1 Å². The van der Waals surface area contributed by atoms with Crippen LogP contribution in [-0.4, -0.2) is 26.5 Å². The van der Waals surface area contributed by atoms with Gasteiger partial charge in [-0.2, -0.15) is 5.11 Å². The first kappa shape index (κ1) is 20.3. The van der Waals surface area contributed by atoms with Gasteiger partial charge in [0.1, 0.15) is 15.9 Å². The number of nitrogens with zero attached hydrogens (tertiary/aromatic N) is 5. The number of azo groups is 1. The number of thiophene rings is 1. The number of aromatic nitrogens is 2. The average Bonchev–Trinajstić information content (AvgIpc) is 3.29. The molecular weight excluding hydrogens is 424 g/mol. The fourth-order valence-electron chi connectivity index (χ4n) is 3.42. The van der Waals surface area contributed by atoms with Gasteiger partial charge in [-0.05, 0) is 26.8 Å². The number of aryl methyl sites for hydroxylation is 2. The van der Waals surface area contributed by atoms with Crippen molar-refractivity contribution in [3.05, 3.63) is 66.4 Å². The molecule has 2 aromatic rings. The molecule has 2 aliphatic rings. The monoisotopic (exact) mass is 440 g/mol. The van der Waals surface area contributed by atoms with Gasteiger partial charge in [-0.3, -0.25) is 20.3 Å². The van der Waals surface area contributed by atoms with E-state index in [1.807, 2.05) is 0 Å². The fraction of sp³-hybridized carbons (Fsp3) is 0.211. The van der Waals surface area contributed by atoms with Gasteiger partial charge in [-0.1, -0.05) is 6.07 Å². The Morgan fingerprint density at radius 3 is 2.68 bits per heavy atom. The fourth-order valence-corrected chi connectivity index (χ4v) is 4.42. The predicted octanol–water partition coefficient (Wildman–Crippen LogP) is 3.60. The third-order valence-corrected chi connectivity index (χ3v) is 5.88. The third kappa shape index (κ3) is 3.08. The summed E-state index contributed by atoms with van der Waals surface area (Å²) in [7, 11) is 0. The molecule has 0 fully saturated rings. The molecule has 1 N–H and O–H groups in total. The van der Waals surface area contributed by atoms with E-state index in [9.17, 15) is 19.7 Å². The average molecular weight is 440 g/mol. The van der Waals surface area contributed by atoms with Gasteiger partial charge >= 0.3 is 5.97 Å². The first-order valence-electron chi connectivity index (χ1n) is 9.17. The summed E-state index contributed by atoms with van der Waals surface area (Å²) in [5, 5.41) is 27.2. The first-order chi connectivity index (χ1) is 14.8. The highest BCUT2D eigenvalue weighted by molar-refractivity contribution is 7.13. The van der Waals surface area contributed by atoms with Crippen molar-refractivity contribution in [3.63, 3.8) is 0 Å². The summed E-state index contributed by atoms with van der Waals surface area (Å²) in [5.74, 6) is -0.633. The number of benzene rings is 1. The molecule has 0 aliphatic carbocycles. The number of carbonyl (C=O) groups is 1. The molecule has 0 bridgehead atoms. The molecule has 0 radical (unpaired) electrons. The summed E-state index contributed by atoms with van der Waals surface area (Å²) in [5.41, 5.74) is 1.15. The van der Waals surface area contributed by atoms with Gasteiger partial charge in [0.05, 0.1) is 33.5 Å². The third-order valence-electron chi connectivity index (χ3n) is 4.78. The second kappa shape index (κ2) is 7.40. The molecule has 0 amide bonds. The summed E-state index contributed by atoms with van der Waals surface area (Å²) in [4.78, 5) is 36.5. The van der Waals surface area contributed by atoms with Crippen LogP contribution in [-0.2, 0) is 4.74 Å². The zero-order chi connectivity index (χ0) is 22.4. The van der Waals surface area contributed by atoms with Crippen LogP contribution in [0.1, 0.15) is 28.7 Å². The van der Waals surface area contributed by atoms with E-state index in [1.54, 1.807) is 20.8 Å². The molecule has 0 saturated heterocycles. The van der Waals surface area contributed by atoms with Crippen LogP contribution in [0.5, 0.6) is 0 Å². The number of rotatable bonds is 5. The molecule has 158 valence electrons. The van der Waals surface area contributed by atoms with Gasteiger partial charge in [0.25, 0.3) is 11.2 Å². The number of nitro benzene ring substituents is 1. The standard InChI is InChI=1S/C19H16N6O5S/c1-4-30-19(27)13-15-16(31-17(13)20)10(3)24-18(26)14(9(2)23(15)24)22-21-11-6-5-7-12(8-11)25(28)29/h5-8,20H,4H2,1-3H3. The number of esters is 1. The number of carbonyl (C=O) groups excluding carboxylic acids is 1. The van der Waals surface area contributed by atoms with E-state index in [0.717, 1.165) is 11.3 Å². The van der Waals surface area contributed by atoms with Crippen molar-refractivity contribution in [2.24, 2.45) is 10.2 Å². The van der Waals surface area contributed by atoms with Crippen LogP contribution < -0.4 is 10.2 Å². The summed E-state index contributed by atoms with van der Waals surface area (Å²) < 4.78 is 8.06. The van der Waals surface area contributed by atoms with Crippen LogP contribution in [0.3, 0.4) is 0 Å². The van der Waals surface area contributed by atoms with E-state index in [0.29, 0.717) is 22.0 Å². The van der Waals surface area contributed by atoms with Gasteiger partial charge < -0.3 is 4.74 Å². The van der Waals surface area contributed by atoms with E-state index >= 15 is 0 Å². The molecular formula is C19H16N6O5S. The van der Waals surface area contributed by atoms with Gasteiger partial charge in [-0.25, -0.2) is 13.8 Å². The van der Waals surface area contributed by atoms with Crippen molar-refractivity contribution in [1.82, 2.24) is 9.03 Å². The number of hydrogen-bond acceptors (Lipinski definition) is 9. The van der Waals surface area contributed by atoms with Crippen molar-refractivity contribution in [1.29, 1.82) is 5.41 Å². The number of nitro groups is 1. The Morgan fingerprint density at radius 2 is 2.00 bits per heavy atom. The maximum Gasteiger partial charge on any atom is 0.343 e. The second-order valence-electron chi connectivity index (χ2n) is 6.63. The van der Waals surface area contributed by atoms with E-state index in [-0.39, 0.29) is 33.9 Å². The molecule has 3 heterocycles. The lowest BCUT2D eigenvalue weighted by Crippen LogP contribution is -2.15. The molecule has 0 unspecified atom stereocenters. The van der Waals surface area contributed by atoms with Gasteiger partial charge in [-0.15, -0.1) is 16.5 Å². The number of non-ortho nitro benzene ring substituents is 1. The number of hydrogen-bond donors (Lipinski definition) is 1. The highest BCUT2D eigenvalue weighted by Gasteiger charge is 2.31. The van der Waals surface area contributed by atoms with E-state index in [1.165, 1.54) is 33.3 Å². The second-order valence-corrected chi connectivity index (χ2v) is 7.65. The van der Waals surface area contributed by atoms with E-state index < -0.39 is 16.5 Å². The molecule has 12 heteroatoms. The first-order valence-corrected chi connectivity index (χ1v) is 9.98. The van der Waals surface area contributed by atoms with Crippen LogP contribution in [0.15, 0.2) is 39.3 Å². The zero-order valence-corrected chi connectivity index (χ0v) is 17.5. The van der Waals surface area contributed by atoms with Crippen LogP contribution in [0.2, 0.25) is 0 Å². The lowest BCUT2D eigenvalue weighted by atomic mass is 10.2. The number of fused-ring (bicyclic) bond motifs is 3. The Morgan fingerprint density at radius 1 is 1.26 bits per heavy atom. The van der Waals surface area contributed by atoms with E-state index in [2.05, 4.69) is 10.2 Å².